The number of piperidine rings is 1. The molecule has 2 N–H and O–H groups in total. The number of hydrogen-bond acceptors (Lipinski definition) is 5. The van der Waals surface area contributed by atoms with Gasteiger partial charge in [0.1, 0.15) is 0 Å². The van der Waals surface area contributed by atoms with E-state index in [0.29, 0.717) is 11.6 Å². The molecule has 0 aromatic carbocycles. The highest BCUT2D eigenvalue weighted by Gasteiger charge is 2.28. The number of aromatic carboxylic acids is 1. The number of carboxylic acids is 1. The summed E-state index contributed by atoms with van der Waals surface area (Å²) in [6.07, 6.45) is 2.24. The van der Waals surface area contributed by atoms with E-state index in [9.17, 15) is 4.79 Å². The van der Waals surface area contributed by atoms with Gasteiger partial charge in [-0.25, -0.2) is 14.8 Å². The maximum absolute atomic E-state index is 11.0. The van der Waals surface area contributed by atoms with Gasteiger partial charge in [0.05, 0.1) is 0 Å². The third kappa shape index (κ3) is 3.66. The molecule has 6 nitrogen and oxygen atoms in total. The van der Waals surface area contributed by atoms with E-state index in [1.807, 2.05) is 0 Å². The van der Waals surface area contributed by atoms with Crippen molar-refractivity contribution in [2.45, 2.75) is 26.7 Å². The number of carbonyl (C=O) groups is 1. The first-order valence-electron chi connectivity index (χ1n) is 6.89. The van der Waals surface area contributed by atoms with Crippen LogP contribution in [0.2, 0.25) is 0 Å². The van der Waals surface area contributed by atoms with E-state index in [1.165, 1.54) is 6.07 Å². The van der Waals surface area contributed by atoms with Gasteiger partial charge in [0.15, 0.2) is 5.69 Å². The topological polar surface area (TPSA) is 78.3 Å². The number of rotatable bonds is 4. The maximum atomic E-state index is 11.0. The van der Waals surface area contributed by atoms with Crippen molar-refractivity contribution in [3.63, 3.8) is 0 Å². The average molecular weight is 278 g/mol. The second-order valence-corrected chi connectivity index (χ2v) is 5.99. The highest BCUT2D eigenvalue weighted by atomic mass is 16.4. The van der Waals surface area contributed by atoms with Crippen molar-refractivity contribution in [3.8, 4) is 0 Å². The Balaban J connectivity index is 2.02. The number of hydrogen-bond donors (Lipinski definition) is 2. The summed E-state index contributed by atoms with van der Waals surface area (Å²) in [5, 5.41) is 12.2. The molecular formula is C14H22N4O2. The van der Waals surface area contributed by atoms with E-state index in [1.54, 1.807) is 6.92 Å². The molecule has 0 amide bonds. The number of carboxylic acid groups (broad SMARTS) is 1. The molecule has 0 spiro atoms. The van der Waals surface area contributed by atoms with Crippen molar-refractivity contribution in [1.82, 2.24) is 14.9 Å². The van der Waals surface area contributed by atoms with Crippen molar-refractivity contribution < 1.29 is 9.90 Å². The molecule has 20 heavy (non-hydrogen) atoms. The molecule has 0 bridgehead atoms. The van der Waals surface area contributed by atoms with Crippen LogP contribution in [0.3, 0.4) is 0 Å². The monoisotopic (exact) mass is 278 g/mol. The lowest BCUT2D eigenvalue weighted by Crippen LogP contribution is -2.40. The molecule has 110 valence electrons. The smallest absolute Gasteiger partial charge is 0.354 e. The fraction of sp³-hybridized carbons (Fsp3) is 0.643. The highest BCUT2D eigenvalue weighted by molar-refractivity contribution is 5.85. The Kier molecular flexibility index (Phi) is 4.23. The summed E-state index contributed by atoms with van der Waals surface area (Å²) in [5.74, 6) is -0.619. The van der Waals surface area contributed by atoms with Crippen molar-refractivity contribution in [2.24, 2.45) is 5.41 Å². The first kappa shape index (κ1) is 14.7. The van der Waals surface area contributed by atoms with Gasteiger partial charge in [-0.1, -0.05) is 6.92 Å². The van der Waals surface area contributed by atoms with Crippen LogP contribution < -0.4 is 5.32 Å². The van der Waals surface area contributed by atoms with E-state index in [4.69, 9.17) is 5.11 Å². The van der Waals surface area contributed by atoms with E-state index >= 15 is 0 Å². The average Bonchev–Trinajstić information content (AvgIpc) is 2.40. The summed E-state index contributed by atoms with van der Waals surface area (Å²) in [4.78, 5) is 21.6. The van der Waals surface area contributed by atoms with E-state index in [-0.39, 0.29) is 11.1 Å². The molecule has 1 aromatic heterocycles. The van der Waals surface area contributed by atoms with Gasteiger partial charge >= 0.3 is 5.97 Å². The maximum Gasteiger partial charge on any atom is 0.354 e. The van der Waals surface area contributed by atoms with Crippen molar-refractivity contribution in [1.29, 1.82) is 0 Å². The van der Waals surface area contributed by atoms with Gasteiger partial charge in [-0.15, -0.1) is 0 Å². The van der Waals surface area contributed by atoms with Crippen LogP contribution in [-0.4, -0.2) is 52.6 Å². The number of nitrogens with zero attached hydrogens (tertiary/aromatic N) is 3. The van der Waals surface area contributed by atoms with Crippen molar-refractivity contribution in [3.05, 3.63) is 17.5 Å². The van der Waals surface area contributed by atoms with Crippen LogP contribution in [0.15, 0.2) is 6.07 Å². The minimum absolute atomic E-state index is 0.0357. The Morgan fingerprint density at radius 2 is 2.10 bits per heavy atom. The lowest BCUT2D eigenvalue weighted by Gasteiger charge is -2.37. The van der Waals surface area contributed by atoms with Gasteiger partial charge in [-0.3, -0.25) is 0 Å². The molecule has 0 atom stereocenters. The highest BCUT2D eigenvalue weighted by Crippen LogP contribution is 2.30. The molecule has 6 heteroatoms. The van der Waals surface area contributed by atoms with Gasteiger partial charge in [0.2, 0.25) is 5.95 Å². The summed E-state index contributed by atoms with van der Waals surface area (Å²) >= 11 is 0. The number of anilines is 1. The van der Waals surface area contributed by atoms with Gasteiger partial charge in [-0.05, 0) is 51.4 Å². The standard InChI is InChI=1S/C14H22N4O2/c1-10-8-11(12(19)20)17-13(16-10)15-9-14(2)4-6-18(3)7-5-14/h8H,4-7,9H2,1-3H3,(H,19,20)(H,15,16,17). The zero-order chi connectivity index (χ0) is 14.8. The van der Waals surface area contributed by atoms with Crippen molar-refractivity contribution in [2.75, 3.05) is 32.0 Å². The zero-order valence-electron chi connectivity index (χ0n) is 12.3. The number of likely N-dealkylation sites (tertiary alicyclic amines) is 1. The van der Waals surface area contributed by atoms with E-state index in [0.717, 1.165) is 32.5 Å². The molecule has 0 saturated carbocycles. The zero-order valence-corrected chi connectivity index (χ0v) is 12.3. The van der Waals surface area contributed by atoms with Crippen LogP contribution in [0.5, 0.6) is 0 Å². The van der Waals surface area contributed by atoms with Gasteiger partial charge in [0, 0.05) is 12.2 Å². The minimum Gasteiger partial charge on any atom is -0.477 e. The lowest BCUT2D eigenvalue weighted by molar-refractivity contribution is 0.0690. The molecule has 2 rings (SSSR count). The molecular weight excluding hydrogens is 256 g/mol. The molecule has 1 aliphatic rings. The van der Waals surface area contributed by atoms with E-state index in [2.05, 4.69) is 34.2 Å². The third-order valence-corrected chi connectivity index (χ3v) is 3.94. The van der Waals surface area contributed by atoms with Crippen LogP contribution in [0.1, 0.15) is 35.9 Å². The largest absolute Gasteiger partial charge is 0.477 e. The normalized spacial score (nSPS) is 18.8. The molecule has 0 unspecified atom stereocenters. The Labute approximate surface area is 119 Å². The predicted octanol–water partition coefficient (Wildman–Crippen LogP) is 1.63. The quantitative estimate of drug-likeness (QED) is 0.871. The number of aryl methyl sites for hydroxylation is 1. The predicted molar refractivity (Wildman–Crippen MR) is 77.1 cm³/mol. The summed E-state index contributed by atoms with van der Waals surface area (Å²) in [7, 11) is 2.13. The summed E-state index contributed by atoms with van der Waals surface area (Å²) in [6.45, 7) is 6.97. The first-order chi connectivity index (χ1) is 9.38. The summed E-state index contributed by atoms with van der Waals surface area (Å²) in [6, 6.07) is 1.48. The Morgan fingerprint density at radius 1 is 1.45 bits per heavy atom. The lowest BCUT2D eigenvalue weighted by atomic mass is 9.80. The third-order valence-electron chi connectivity index (χ3n) is 3.94. The van der Waals surface area contributed by atoms with Gasteiger partial charge in [-0.2, -0.15) is 0 Å². The summed E-state index contributed by atoms with van der Waals surface area (Å²) < 4.78 is 0. The number of aromatic nitrogens is 2. The van der Waals surface area contributed by atoms with Crippen LogP contribution in [0.25, 0.3) is 0 Å². The Bertz CT molecular complexity index is 496. The first-order valence-corrected chi connectivity index (χ1v) is 6.89. The van der Waals surface area contributed by atoms with E-state index < -0.39 is 5.97 Å². The second-order valence-electron chi connectivity index (χ2n) is 5.99. The molecule has 1 fully saturated rings. The van der Waals surface area contributed by atoms with Gasteiger partial charge < -0.3 is 15.3 Å². The molecule has 2 heterocycles. The second kappa shape index (κ2) is 5.75. The van der Waals surface area contributed by atoms with Crippen LogP contribution in [-0.2, 0) is 0 Å². The van der Waals surface area contributed by atoms with Crippen LogP contribution in [0, 0.1) is 12.3 Å². The molecule has 1 aliphatic heterocycles. The minimum atomic E-state index is -1.02. The molecule has 1 saturated heterocycles. The fourth-order valence-corrected chi connectivity index (χ4v) is 2.38. The van der Waals surface area contributed by atoms with Crippen molar-refractivity contribution >= 4 is 11.9 Å². The van der Waals surface area contributed by atoms with Crippen LogP contribution in [0.4, 0.5) is 5.95 Å². The molecule has 0 aliphatic carbocycles. The molecule has 0 radical (unpaired) electrons. The fourth-order valence-electron chi connectivity index (χ4n) is 2.38. The molecule has 1 aromatic rings. The number of nitrogens with one attached hydrogen (secondary N) is 1. The SMILES string of the molecule is Cc1cc(C(=O)O)nc(NCC2(C)CCN(C)CC2)n1. The van der Waals surface area contributed by atoms with Crippen LogP contribution >= 0.6 is 0 Å². The Hall–Kier alpha value is -1.69. The van der Waals surface area contributed by atoms with Gasteiger partial charge in [0.25, 0.3) is 0 Å². The Morgan fingerprint density at radius 3 is 2.70 bits per heavy atom. The summed E-state index contributed by atoms with van der Waals surface area (Å²) in [5.41, 5.74) is 0.908.